The third-order valence-electron chi connectivity index (χ3n) is 2.30. The quantitative estimate of drug-likeness (QED) is 0.653. The second-order valence-corrected chi connectivity index (χ2v) is 3.46. The molecule has 0 aliphatic heterocycles. The third kappa shape index (κ3) is 3.73. The molecular weight excluding hydrogens is 172 g/mol. The second-order valence-electron chi connectivity index (χ2n) is 3.46. The summed E-state index contributed by atoms with van der Waals surface area (Å²) in [7, 11) is 0. The Bertz CT molecular complexity index is 215. The standard InChI is InChI=1S/C10H15F2N/c1-2-3-7-13-9-5-4-6-10(11,12)8-9/h9,13H,4-8H2,1H3. The molecule has 0 amide bonds. The first-order valence-corrected chi connectivity index (χ1v) is 4.65. The molecule has 1 atom stereocenters. The average molecular weight is 187 g/mol. The van der Waals surface area contributed by atoms with E-state index in [0.717, 1.165) is 6.42 Å². The van der Waals surface area contributed by atoms with Gasteiger partial charge in [0.05, 0.1) is 6.54 Å². The number of nitrogens with one attached hydrogen (secondary N) is 1. The highest BCUT2D eigenvalue weighted by Crippen LogP contribution is 2.32. The minimum absolute atomic E-state index is 0.0294. The van der Waals surface area contributed by atoms with Gasteiger partial charge in [-0.15, -0.1) is 5.92 Å². The molecule has 0 bridgehead atoms. The number of hydrogen-bond acceptors (Lipinski definition) is 1. The molecule has 0 aromatic rings. The molecule has 0 saturated heterocycles. The summed E-state index contributed by atoms with van der Waals surface area (Å²) < 4.78 is 25.8. The maximum Gasteiger partial charge on any atom is 0.249 e. The summed E-state index contributed by atoms with van der Waals surface area (Å²) in [5.74, 6) is 3.08. The monoisotopic (exact) mass is 187 g/mol. The molecule has 0 radical (unpaired) electrons. The third-order valence-corrected chi connectivity index (χ3v) is 2.30. The van der Waals surface area contributed by atoms with E-state index in [1.165, 1.54) is 0 Å². The van der Waals surface area contributed by atoms with Gasteiger partial charge in [-0.2, -0.15) is 0 Å². The Labute approximate surface area is 77.9 Å². The van der Waals surface area contributed by atoms with Gasteiger partial charge in [0, 0.05) is 18.9 Å². The molecule has 74 valence electrons. The summed E-state index contributed by atoms with van der Waals surface area (Å²) in [6, 6.07) is -0.0513. The van der Waals surface area contributed by atoms with Crippen LogP contribution in [0, 0.1) is 11.8 Å². The number of halogens is 2. The van der Waals surface area contributed by atoms with E-state index < -0.39 is 5.92 Å². The first kappa shape index (κ1) is 10.5. The van der Waals surface area contributed by atoms with Crippen molar-refractivity contribution in [2.24, 2.45) is 0 Å². The lowest BCUT2D eigenvalue weighted by Gasteiger charge is -2.28. The molecule has 0 aromatic carbocycles. The van der Waals surface area contributed by atoms with Crippen LogP contribution in [0.3, 0.4) is 0 Å². The molecule has 1 N–H and O–H groups in total. The summed E-state index contributed by atoms with van der Waals surface area (Å²) in [5.41, 5.74) is 0. The fourth-order valence-corrected chi connectivity index (χ4v) is 1.63. The summed E-state index contributed by atoms with van der Waals surface area (Å²) in [4.78, 5) is 0. The Hall–Kier alpha value is -0.620. The Kier molecular flexibility index (Phi) is 3.68. The van der Waals surface area contributed by atoms with Gasteiger partial charge in [-0.05, 0) is 19.8 Å². The first-order chi connectivity index (χ1) is 6.14. The molecule has 1 aliphatic carbocycles. The molecule has 1 nitrogen and oxygen atoms in total. The van der Waals surface area contributed by atoms with Gasteiger partial charge in [-0.3, -0.25) is 0 Å². The lowest BCUT2D eigenvalue weighted by molar-refractivity contribution is -0.0435. The minimum Gasteiger partial charge on any atom is -0.303 e. The molecule has 1 saturated carbocycles. The van der Waals surface area contributed by atoms with E-state index in [0.29, 0.717) is 13.0 Å². The topological polar surface area (TPSA) is 12.0 Å². The molecule has 0 heterocycles. The van der Waals surface area contributed by atoms with Crippen LogP contribution in [0.4, 0.5) is 8.78 Å². The van der Waals surface area contributed by atoms with Crippen LogP contribution in [0.1, 0.15) is 32.6 Å². The zero-order valence-corrected chi connectivity index (χ0v) is 7.87. The van der Waals surface area contributed by atoms with Crippen LogP contribution in [-0.2, 0) is 0 Å². The van der Waals surface area contributed by atoms with Gasteiger partial charge in [0.25, 0.3) is 0 Å². The van der Waals surface area contributed by atoms with Crippen molar-refractivity contribution in [1.82, 2.24) is 5.32 Å². The van der Waals surface area contributed by atoms with Crippen LogP contribution in [0.25, 0.3) is 0 Å². The van der Waals surface area contributed by atoms with Gasteiger partial charge in [-0.1, -0.05) is 5.92 Å². The highest BCUT2D eigenvalue weighted by atomic mass is 19.3. The fraction of sp³-hybridized carbons (Fsp3) is 0.800. The van der Waals surface area contributed by atoms with Crippen molar-refractivity contribution in [2.75, 3.05) is 6.54 Å². The van der Waals surface area contributed by atoms with Crippen molar-refractivity contribution < 1.29 is 8.78 Å². The van der Waals surface area contributed by atoms with Crippen molar-refractivity contribution in [1.29, 1.82) is 0 Å². The summed E-state index contributed by atoms with van der Waals surface area (Å²) in [5, 5.41) is 3.02. The Morgan fingerprint density at radius 1 is 1.54 bits per heavy atom. The van der Waals surface area contributed by atoms with E-state index in [9.17, 15) is 8.78 Å². The highest BCUT2D eigenvalue weighted by Gasteiger charge is 2.35. The van der Waals surface area contributed by atoms with E-state index in [1.807, 2.05) is 0 Å². The van der Waals surface area contributed by atoms with Gasteiger partial charge in [0.15, 0.2) is 0 Å². The Morgan fingerprint density at radius 3 is 2.92 bits per heavy atom. The average Bonchev–Trinajstić information content (AvgIpc) is 2.03. The summed E-state index contributed by atoms with van der Waals surface area (Å²) >= 11 is 0. The van der Waals surface area contributed by atoms with E-state index in [1.54, 1.807) is 6.92 Å². The molecule has 0 aromatic heterocycles. The van der Waals surface area contributed by atoms with Crippen molar-refractivity contribution in [3.63, 3.8) is 0 Å². The summed E-state index contributed by atoms with van der Waals surface area (Å²) in [6.07, 6.45) is 1.48. The van der Waals surface area contributed by atoms with Crippen molar-refractivity contribution in [3.05, 3.63) is 0 Å². The minimum atomic E-state index is -2.46. The van der Waals surface area contributed by atoms with Crippen LogP contribution in [-0.4, -0.2) is 18.5 Å². The molecule has 1 aliphatic rings. The lowest BCUT2D eigenvalue weighted by atomic mass is 9.92. The molecule has 13 heavy (non-hydrogen) atoms. The van der Waals surface area contributed by atoms with E-state index >= 15 is 0 Å². The SMILES string of the molecule is CC#CCNC1CCCC(F)(F)C1. The Morgan fingerprint density at radius 2 is 2.31 bits per heavy atom. The van der Waals surface area contributed by atoms with Crippen molar-refractivity contribution >= 4 is 0 Å². The molecule has 1 rings (SSSR count). The van der Waals surface area contributed by atoms with Crippen molar-refractivity contribution in [3.8, 4) is 11.8 Å². The smallest absolute Gasteiger partial charge is 0.249 e. The molecule has 3 heteroatoms. The predicted molar refractivity (Wildman–Crippen MR) is 48.7 cm³/mol. The van der Waals surface area contributed by atoms with Gasteiger partial charge in [-0.25, -0.2) is 8.78 Å². The number of alkyl halides is 2. The van der Waals surface area contributed by atoms with E-state index in [-0.39, 0.29) is 18.9 Å². The molecular formula is C10H15F2N. The molecule has 1 fully saturated rings. The maximum atomic E-state index is 12.9. The number of rotatable bonds is 2. The van der Waals surface area contributed by atoms with Crippen LogP contribution < -0.4 is 5.32 Å². The van der Waals surface area contributed by atoms with Crippen molar-refractivity contribution in [2.45, 2.75) is 44.6 Å². The van der Waals surface area contributed by atoms with Gasteiger partial charge >= 0.3 is 0 Å². The molecule has 1 unspecified atom stereocenters. The zero-order valence-electron chi connectivity index (χ0n) is 7.87. The lowest BCUT2D eigenvalue weighted by Crippen LogP contribution is -2.39. The highest BCUT2D eigenvalue weighted by molar-refractivity contribution is 4.98. The largest absolute Gasteiger partial charge is 0.303 e. The zero-order chi connectivity index (χ0) is 9.73. The second kappa shape index (κ2) is 4.57. The van der Waals surface area contributed by atoms with Crippen LogP contribution in [0.2, 0.25) is 0 Å². The van der Waals surface area contributed by atoms with Gasteiger partial charge in [0.1, 0.15) is 0 Å². The first-order valence-electron chi connectivity index (χ1n) is 4.65. The van der Waals surface area contributed by atoms with Crippen LogP contribution in [0.15, 0.2) is 0 Å². The van der Waals surface area contributed by atoms with Gasteiger partial charge < -0.3 is 5.32 Å². The number of hydrogen-bond donors (Lipinski definition) is 1. The van der Waals surface area contributed by atoms with E-state index in [2.05, 4.69) is 17.2 Å². The van der Waals surface area contributed by atoms with Crippen LogP contribution in [0.5, 0.6) is 0 Å². The predicted octanol–water partition coefficient (Wildman–Crippen LogP) is 2.18. The maximum absolute atomic E-state index is 12.9. The fourth-order valence-electron chi connectivity index (χ4n) is 1.63. The van der Waals surface area contributed by atoms with Crippen LogP contribution >= 0.6 is 0 Å². The Balaban J connectivity index is 2.29. The summed E-state index contributed by atoms with van der Waals surface area (Å²) in [6.45, 7) is 2.27. The van der Waals surface area contributed by atoms with E-state index in [4.69, 9.17) is 0 Å². The molecule has 0 spiro atoms. The van der Waals surface area contributed by atoms with Gasteiger partial charge in [0.2, 0.25) is 5.92 Å². The normalized spacial score (nSPS) is 26.2.